The largest absolute Gasteiger partial charge is 0.317 e. The maximum absolute atomic E-state index is 12.1. The molecule has 0 saturated carbocycles. The average Bonchev–Trinajstić information content (AvgIpc) is 2.10. The van der Waals surface area contributed by atoms with Gasteiger partial charge >= 0.3 is 0 Å². The fraction of sp³-hybridized carbons (Fsp3) is 1.00. The van der Waals surface area contributed by atoms with E-state index in [1.807, 2.05) is 4.67 Å². The Hall–Kier alpha value is 0.730. The van der Waals surface area contributed by atoms with Crippen LogP contribution < -0.4 is 0 Å². The van der Waals surface area contributed by atoms with Crippen molar-refractivity contribution in [3.63, 3.8) is 0 Å². The van der Waals surface area contributed by atoms with Gasteiger partial charge in [-0.15, -0.1) is 23.2 Å². The van der Waals surface area contributed by atoms with E-state index in [0.29, 0.717) is 31.1 Å². The Morgan fingerprint density at radius 3 is 2.77 bits per heavy atom. The summed E-state index contributed by atoms with van der Waals surface area (Å²) in [5, 5.41) is 0. The maximum atomic E-state index is 12.1. The lowest BCUT2D eigenvalue weighted by Gasteiger charge is -2.34. The quantitative estimate of drug-likeness (QED) is 0.563. The number of hydrogen-bond acceptors (Lipinski definition) is 2. The van der Waals surface area contributed by atoms with Crippen LogP contribution in [0.5, 0.6) is 0 Å². The summed E-state index contributed by atoms with van der Waals surface area (Å²) in [5.41, 5.74) is 0. The minimum Gasteiger partial charge on any atom is -0.317 e. The lowest BCUT2D eigenvalue weighted by Crippen LogP contribution is -2.31. The van der Waals surface area contributed by atoms with E-state index >= 15 is 0 Å². The first kappa shape index (κ1) is 11.8. The van der Waals surface area contributed by atoms with Crippen LogP contribution in [0.25, 0.3) is 0 Å². The molecule has 1 unspecified atom stereocenters. The molecule has 0 aromatic carbocycles. The van der Waals surface area contributed by atoms with Crippen LogP contribution in [-0.4, -0.2) is 42.3 Å². The van der Waals surface area contributed by atoms with Gasteiger partial charge in [0.2, 0.25) is 0 Å². The highest BCUT2D eigenvalue weighted by Crippen LogP contribution is 2.52. The lowest BCUT2D eigenvalue weighted by atomic mass is 10.4. The van der Waals surface area contributed by atoms with Gasteiger partial charge < -0.3 is 4.52 Å². The molecule has 6 heteroatoms. The second-order valence-electron chi connectivity index (χ2n) is 2.88. The minimum atomic E-state index is -2.62. The molecule has 0 aliphatic carbocycles. The zero-order valence-electron chi connectivity index (χ0n) is 7.42. The van der Waals surface area contributed by atoms with Gasteiger partial charge in [0.25, 0.3) is 7.52 Å². The molecule has 0 radical (unpaired) electrons. The van der Waals surface area contributed by atoms with Crippen molar-refractivity contribution in [3.05, 3.63) is 0 Å². The van der Waals surface area contributed by atoms with Crippen molar-refractivity contribution < 1.29 is 9.09 Å². The van der Waals surface area contributed by atoms with Gasteiger partial charge in [-0.2, -0.15) is 0 Å². The van der Waals surface area contributed by atoms with Crippen LogP contribution in [-0.2, 0) is 9.09 Å². The van der Waals surface area contributed by atoms with E-state index in [9.17, 15) is 4.57 Å². The molecule has 0 bridgehead atoms. The minimum absolute atomic E-state index is 0.371. The SMILES string of the molecule is O=P1(CCCl)OCCCN1CCCl. The van der Waals surface area contributed by atoms with Crippen LogP contribution in [0, 0.1) is 0 Å². The molecule has 78 valence electrons. The van der Waals surface area contributed by atoms with Gasteiger partial charge in [-0.05, 0) is 6.42 Å². The van der Waals surface area contributed by atoms with E-state index in [0.717, 1.165) is 13.0 Å². The summed E-state index contributed by atoms with van der Waals surface area (Å²) >= 11 is 11.2. The van der Waals surface area contributed by atoms with Gasteiger partial charge in [0, 0.05) is 24.8 Å². The monoisotopic (exact) mass is 245 g/mol. The van der Waals surface area contributed by atoms with E-state index < -0.39 is 7.52 Å². The molecule has 0 spiro atoms. The number of nitrogens with zero attached hydrogens (tertiary/aromatic N) is 1. The molecule has 0 aromatic rings. The fourth-order valence-electron chi connectivity index (χ4n) is 1.36. The zero-order chi connectivity index (χ0) is 9.73. The lowest BCUT2D eigenvalue weighted by molar-refractivity contribution is 0.211. The van der Waals surface area contributed by atoms with E-state index in [4.69, 9.17) is 27.7 Å². The van der Waals surface area contributed by atoms with E-state index in [1.165, 1.54) is 0 Å². The molecule has 13 heavy (non-hydrogen) atoms. The second kappa shape index (κ2) is 5.57. The highest BCUT2D eigenvalue weighted by Gasteiger charge is 2.33. The summed E-state index contributed by atoms with van der Waals surface area (Å²) in [6.07, 6.45) is 1.34. The Bertz CT molecular complexity index is 195. The number of alkyl halides is 2. The summed E-state index contributed by atoms with van der Waals surface area (Å²) < 4.78 is 19.3. The van der Waals surface area contributed by atoms with Crippen LogP contribution in [0.4, 0.5) is 0 Å². The van der Waals surface area contributed by atoms with Crippen molar-refractivity contribution in [1.29, 1.82) is 0 Å². The van der Waals surface area contributed by atoms with Crippen molar-refractivity contribution in [2.24, 2.45) is 0 Å². The molecule has 0 N–H and O–H groups in total. The molecule has 3 nitrogen and oxygen atoms in total. The molecule has 1 heterocycles. The molecule has 1 saturated heterocycles. The van der Waals surface area contributed by atoms with Crippen molar-refractivity contribution in [2.45, 2.75) is 6.42 Å². The van der Waals surface area contributed by atoms with Gasteiger partial charge in [-0.3, -0.25) is 4.57 Å². The Labute approximate surface area is 88.8 Å². The molecule has 0 aromatic heterocycles. The normalized spacial score (nSPS) is 30.6. The first-order chi connectivity index (χ1) is 6.23. The third kappa shape index (κ3) is 3.10. The molecule has 0 amide bonds. The number of halogens is 2. The Morgan fingerprint density at radius 2 is 2.15 bits per heavy atom. The Balaban J connectivity index is 2.59. The highest BCUT2D eigenvalue weighted by atomic mass is 35.5. The Morgan fingerprint density at radius 1 is 1.38 bits per heavy atom. The van der Waals surface area contributed by atoms with Gasteiger partial charge in [0.1, 0.15) is 0 Å². The van der Waals surface area contributed by atoms with Crippen LogP contribution in [0.1, 0.15) is 6.42 Å². The first-order valence-electron chi connectivity index (χ1n) is 4.34. The van der Waals surface area contributed by atoms with Gasteiger partial charge in [0.15, 0.2) is 0 Å². The standard InChI is InChI=1S/C7H14Cl2NO2P/c8-2-5-10-4-1-6-12-13(10,11)7-3-9/h1-7H2. The summed E-state index contributed by atoms with van der Waals surface area (Å²) in [6.45, 7) is 2.00. The number of rotatable bonds is 4. The third-order valence-corrected chi connectivity index (χ3v) is 5.25. The van der Waals surface area contributed by atoms with Crippen LogP contribution >= 0.6 is 30.7 Å². The third-order valence-electron chi connectivity index (χ3n) is 1.99. The van der Waals surface area contributed by atoms with E-state index in [1.54, 1.807) is 0 Å². The van der Waals surface area contributed by atoms with Crippen molar-refractivity contribution in [3.8, 4) is 0 Å². The van der Waals surface area contributed by atoms with Crippen molar-refractivity contribution >= 4 is 30.7 Å². The molecule has 1 atom stereocenters. The van der Waals surface area contributed by atoms with Crippen LogP contribution in [0.15, 0.2) is 0 Å². The maximum Gasteiger partial charge on any atom is 0.273 e. The molecule has 1 fully saturated rings. The van der Waals surface area contributed by atoms with Gasteiger partial charge in [-0.1, -0.05) is 0 Å². The topological polar surface area (TPSA) is 29.5 Å². The van der Waals surface area contributed by atoms with E-state index in [-0.39, 0.29) is 0 Å². The van der Waals surface area contributed by atoms with Gasteiger partial charge in [0.05, 0.1) is 12.8 Å². The number of hydrogen-bond donors (Lipinski definition) is 0. The zero-order valence-corrected chi connectivity index (χ0v) is 9.82. The predicted molar refractivity (Wildman–Crippen MR) is 56.1 cm³/mol. The molecule has 1 aliphatic heterocycles. The highest BCUT2D eigenvalue weighted by molar-refractivity contribution is 7.56. The van der Waals surface area contributed by atoms with Crippen LogP contribution in [0.2, 0.25) is 0 Å². The van der Waals surface area contributed by atoms with Crippen molar-refractivity contribution in [2.75, 3.05) is 37.6 Å². The van der Waals surface area contributed by atoms with E-state index in [2.05, 4.69) is 0 Å². The summed E-state index contributed by atoms with van der Waals surface area (Å²) in [4.78, 5) is 0. The summed E-state index contributed by atoms with van der Waals surface area (Å²) in [5.74, 6) is 0.853. The summed E-state index contributed by atoms with van der Waals surface area (Å²) in [6, 6.07) is 0. The Kier molecular flexibility index (Phi) is 5.06. The second-order valence-corrected chi connectivity index (χ2v) is 6.18. The van der Waals surface area contributed by atoms with Gasteiger partial charge in [-0.25, -0.2) is 4.67 Å². The summed E-state index contributed by atoms with van der Waals surface area (Å²) in [7, 11) is -2.62. The molecule has 1 aliphatic rings. The van der Waals surface area contributed by atoms with Crippen LogP contribution in [0.3, 0.4) is 0 Å². The predicted octanol–water partition coefficient (Wildman–Crippen LogP) is 2.38. The first-order valence-corrected chi connectivity index (χ1v) is 7.17. The molecular weight excluding hydrogens is 232 g/mol. The molecular formula is C7H14Cl2NO2P. The molecule has 1 rings (SSSR count). The fourth-order valence-corrected chi connectivity index (χ4v) is 4.38. The average molecular weight is 246 g/mol. The smallest absolute Gasteiger partial charge is 0.273 e. The van der Waals surface area contributed by atoms with Crippen molar-refractivity contribution in [1.82, 2.24) is 4.67 Å².